The lowest BCUT2D eigenvalue weighted by Crippen LogP contribution is -2.45. The van der Waals surface area contributed by atoms with Gasteiger partial charge >= 0.3 is 0 Å². The second-order valence-corrected chi connectivity index (χ2v) is 10.3. The van der Waals surface area contributed by atoms with Gasteiger partial charge in [0.1, 0.15) is 5.82 Å². The van der Waals surface area contributed by atoms with Gasteiger partial charge in [-0.1, -0.05) is 13.0 Å². The molecule has 9 heteroatoms. The van der Waals surface area contributed by atoms with E-state index in [-0.39, 0.29) is 41.4 Å². The van der Waals surface area contributed by atoms with Crippen LogP contribution in [-0.2, 0) is 21.3 Å². The van der Waals surface area contributed by atoms with Crippen LogP contribution < -0.4 is 14.9 Å². The van der Waals surface area contributed by atoms with Crippen molar-refractivity contribution in [3.63, 3.8) is 0 Å². The number of hydrogen-bond donors (Lipinski definition) is 2. The van der Waals surface area contributed by atoms with E-state index in [9.17, 15) is 17.6 Å². The average Bonchev–Trinajstić information content (AvgIpc) is 2.76. The van der Waals surface area contributed by atoms with Crippen molar-refractivity contribution in [2.24, 2.45) is 0 Å². The molecule has 3 atom stereocenters. The molecule has 2 aromatic carbocycles. The number of morpholine rings is 1. The van der Waals surface area contributed by atoms with Crippen LogP contribution >= 0.6 is 0 Å². The van der Waals surface area contributed by atoms with Crippen LogP contribution in [0.25, 0.3) is 0 Å². The number of carbonyl (C=O) groups is 1. The summed E-state index contributed by atoms with van der Waals surface area (Å²) in [5, 5.41) is 2.75. The van der Waals surface area contributed by atoms with E-state index in [4.69, 9.17) is 4.74 Å². The smallest absolute Gasteiger partial charge is 0.251 e. The van der Waals surface area contributed by atoms with E-state index in [0.717, 1.165) is 0 Å². The van der Waals surface area contributed by atoms with Gasteiger partial charge in [0, 0.05) is 31.2 Å². The van der Waals surface area contributed by atoms with Crippen LogP contribution in [0.2, 0.25) is 0 Å². The van der Waals surface area contributed by atoms with Gasteiger partial charge in [0.2, 0.25) is 10.0 Å². The van der Waals surface area contributed by atoms with Gasteiger partial charge in [-0.3, -0.25) is 4.79 Å². The number of rotatable bonds is 8. The number of sulfonamides is 1. The van der Waals surface area contributed by atoms with E-state index in [2.05, 4.69) is 10.0 Å². The third kappa shape index (κ3) is 6.52. The molecule has 1 fully saturated rings. The number of ether oxygens (including phenoxy) is 1. The fourth-order valence-electron chi connectivity index (χ4n) is 3.78. The van der Waals surface area contributed by atoms with Crippen LogP contribution in [0.5, 0.6) is 0 Å². The Balaban J connectivity index is 1.61. The molecule has 3 unspecified atom stereocenters. The molecule has 0 saturated carbocycles. The van der Waals surface area contributed by atoms with Crippen LogP contribution in [0.4, 0.5) is 10.1 Å². The van der Waals surface area contributed by atoms with Gasteiger partial charge in [-0.05, 0) is 69.2 Å². The summed E-state index contributed by atoms with van der Waals surface area (Å²) < 4.78 is 47.7. The minimum atomic E-state index is -3.63. The largest absolute Gasteiger partial charge is 0.372 e. The molecule has 2 N–H and O–H groups in total. The molecule has 1 aliphatic heterocycles. The lowest BCUT2D eigenvalue weighted by Gasteiger charge is -2.37. The molecule has 0 radical (unpaired) electrons. The highest BCUT2D eigenvalue weighted by molar-refractivity contribution is 7.89. The van der Waals surface area contributed by atoms with E-state index in [1.54, 1.807) is 19.1 Å². The van der Waals surface area contributed by atoms with Crippen molar-refractivity contribution in [1.82, 2.24) is 10.0 Å². The first-order valence-corrected chi connectivity index (χ1v) is 12.7. The molecule has 1 aliphatic rings. The maximum Gasteiger partial charge on any atom is 0.251 e. The predicted octanol–water partition coefficient (Wildman–Crippen LogP) is 3.45. The first-order valence-electron chi connectivity index (χ1n) is 11.2. The molecule has 0 aliphatic carbocycles. The summed E-state index contributed by atoms with van der Waals surface area (Å²) in [6.07, 6.45) is 0.727. The molecular formula is C24H32FN3O4S. The summed E-state index contributed by atoms with van der Waals surface area (Å²) >= 11 is 0. The van der Waals surface area contributed by atoms with Crippen molar-refractivity contribution in [1.29, 1.82) is 0 Å². The Kier molecular flexibility index (Phi) is 8.10. The SMILES string of the molecule is CCC(C)NS(=O)(=O)c1ccc(C(=O)NCc2ccc(N3CC(C)OC(C)C3)c(F)c2)cc1. The number of nitrogens with one attached hydrogen (secondary N) is 2. The minimum Gasteiger partial charge on any atom is -0.372 e. The summed E-state index contributed by atoms with van der Waals surface area (Å²) in [4.78, 5) is 14.6. The summed E-state index contributed by atoms with van der Waals surface area (Å²) in [5.41, 5.74) is 1.48. The van der Waals surface area contributed by atoms with E-state index in [1.165, 1.54) is 30.3 Å². The van der Waals surface area contributed by atoms with E-state index in [1.807, 2.05) is 25.7 Å². The highest BCUT2D eigenvalue weighted by Gasteiger charge is 2.24. The Labute approximate surface area is 195 Å². The molecule has 1 heterocycles. The van der Waals surface area contributed by atoms with Gasteiger partial charge in [-0.25, -0.2) is 17.5 Å². The number of anilines is 1. The first kappa shape index (κ1) is 25.1. The quantitative estimate of drug-likeness (QED) is 0.608. The Hall–Kier alpha value is -2.49. The molecule has 180 valence electrons. The van der Waals surface area contributed by atoms with E-state index in [0.29, 0.717) is 36.3 Å². The zero-order valence-corrected chi connectivity index (χ0v) is 20.3. The molecule has 0 spiro atoms. The molecule has 3 rings (SSSR count). The standard InChI is InChI=1S/C24H32FN3O4S/c1-5-16(2)27-33(30,31)21-9-7-20(8-10-21)24(29)26-13-19-6-11-23(22(25)12-19)28-14-17(3)32-18(4)15-28/h6-12,16-18,27H,5,13-15H2,1-4H3,(H,26,29). The minimum absolute atomic E-state index is 0.0271. The number of halogens is 1. The van der Waals surface area contributed by atoms with Crippen molar-refractivity contribution in [3.8, 4) is 0 Å². The number of benzene rings is 2. The van der Waals surface area contributed by atoms with Gasteiger partial charge in [-0.15, -0.1) is 0 Å². The molecule has 0 aromatic heterocycles. The third-order valence-electron chi connectivity index (χ3n) is 5.62. The Bertz CT molecular complexity index is 1070. The maximum absolute atomic E-state index is 14.8. The van der Waals surface area contributed by atoms with Gasteiger partial charge < -0.3 is 15.0 Å². The van der Waals surface area contributed by atoms with Crippen LogP contribution in [-0.4, -0.2) is 45.7 Å². The summed E-state index contributed by atoms with van der Waals surface area (Å²) in [5.74, 6) is -0.708. The number of nitrogens with zero attached hydrogens (tertiary/aromatic N) is 1. The van der Waals surface area contributed by atoms with Gasteiger partial charge in [0.05, 0.1) is 22.8 Å². The Morgan fingerprint density at radius 2 is 1.79 bits per heavy atom. The molecule has 33 heavy (non-hydrogen) atoms. The van der Waals surface area contributed by atoms with Crippen LogP contribution in [0.15, 0.2) is 47.4 Å². The van der Waals surface area contributed by atoms with Crippen molar-refractivity contribution in [3.05, 3.63) is 59.4 Å². The fraction of sp³-hybridized carbons (Fsp3) is 0.458. The van der Waals surface area contributed by atoms with Crippen molar-refractivity contribution < 1.29 is 22.3 Å². The third-order valence-corrected chi connectivity index (χ3v) is 7.23. The second kappa shape index (κ2) is 10.6. The van der Waals surface area contributed by atoms with E-state index >= 15 is 0 Å². The fourth-order valence-corrected chi connectivity index (χ4v) is 5.10. The van der Waals surface area contributed by atoms with Crippen molar-refractivity contribution in [2.75, 3.05) is 18.0 Å². The van der Waals surface area contributed by atoms with Crippen LogP contribution in [0.3, 0.4) is 0 Å². The van der Waals surface area contributed by atoms with Crippen LogP contribution in [0, 0.1) is 5.82 Å². The molecule has 1 amide bonds. The lowest BCUT2D eigenvalue weighted by molar-refractivity contribution is -0.00539. The summed E-state index contributed by atoms with van der Waals surface area (Å²) in [6.45, 7) is 9.01. The zero-order chi connectivity index (χ0) is 24.2. The first-order chi connectivity index (χ1) is 15.6. The molecule has 0 bridgehead atoms. The number of hydrogen-bond acceptors (Lipinski definition) is 5. The zero-order valence-electron chi connectivity index (χ0n) is 19.5. The van der Waals surface area contributed by atoms with Crippen LogP contribution in [0.1, 0.15) is 50.0 Å². The van der Waals surface area contributed by atoms with Gasteiger partial charge in [0.25, 0.3) is 5.91 Å². The van der Waals surface area contributed by atoms with Crippen molar-refractivity contribution in [2.45, 2.75) is 63.8 Å². The van der Waals surface area contributed by atoms with Gasteiger partial charge in [-0.2, -0.15) is 0 Å². The average molecular weight is 478 g/mol. The normalized spacial score (nSPS) is 19.8. The highest BCUT2D eigenvalue weighted by atomic mass is 32.2. The molecular weight excluding hydrogens is 445 g/mol. The van der Waals surface area contributed by atoms with Gasteiger partial charge in [0.15, 0.2) is 0 Å². The summed E-state index contributed by atoms with van der Waals surface area (Å²) in [7, 11) is -3.63. The maximum atomic E-state index is 14.8. The Morgan fingerprint density at radius 3 is 2.36 bits per heavy atom. The highest BCUT2D eigenvalue weighted by Crippen LogP contribution is 2.24. The molecule has 2 aromatic rings. The number of carbonyl (C=O) groups excluding carboxylic acids is 1. The summed E-state index contributed by atoms with van der Waals surface area (Å²) in [6, 6.07) is 10.5. The molecule has 7 nitrogen and oxygen atoms in total. The number of amides is 1. The monoisotopic (exact) mass is 477 g/mol. The van der Waals surface area contributed by atoms with E-state index < -0.39 is 10.0 Å². The second-order valence-electron chi connectivity index (χ2n) is 8.59. The topological polar surface area (TPSA) is 87.7 Å². The van der Waals surface area contributed by atoms with Crippen molar-refractivity contribution >= 4 is 21.6 Å². The Morgan fingerprint density at radius 1 is 1.15 bits per heavy atom. The lowest BCUT2D eigenvalue weighted by atomic mass is 10.1. The molecule has 1 saturated heterocycles. The predicted molar refractivity (Wildman–Crippen MR) is 126 cm³/mol.